The second-order valence-electron chi connectivity index (χ2n) is 9.44. The van der Waals surface area contributed by atoms with Crippen molar-refractivity contribution >= 4 is 10.9 Å². The van der Waals surface area contributed by atoms with Gasteiger partial charge in [0.2, 0.25) is 0 Å². The molecule has 1 aromatic heterocycles. The monoisotopic (exact) mass is 417 g/mol. The first-order valence-electron chi connectivity index (χ1n) is 11.9. The fourth-order valence-corrected chi connectivity index (χ4v) is 5.65. The summed E-state index contributed by atoms with van der Waals surface area (Å²) in [6.45, 7) is 6.37. The molecule has 164 valence electrons. The van der Waals surface area contributed by atoms with E-state index >= 15 is 0 Å². The van der Waals surface area contributed by atoms with Gasteiger partial charge >= 0.3 is 0 Å². The smallest absolute Gasteiger partial charge is 0.0589 e. The van der Waals surface area contributed by atoms with E-state index in [1.54, 1.807) is 18.2 Å². The van der Waals surface area contributed by atoms with Crippen LogP contribution in [0.25, 0.3) is 10.9 Å². The zero-order chi connectivity index (χ0) is 21.0. The summed E-state index contributed by atoms with van der Waals surface area (Å²) in [5.41, 5.74) is 5.66. The first-order valence-corrected chi connectivity index (χ1v) is 11.9. The Labute approximate surface area is 186 Å². The number of piperidine rings is 1. The van der Waals surface area contributed by atoms with E-state index in [2.05, 4.69) is 69.4 Å². The number of hydrogen-bond acceptors (Lipinski definition) is 3. The lowest BCUT2D eigenvalue weighted by molar-refractivity contribution is 0.0840. The van der Waals surface area contributed by atoms with Crippen molar-refractivity contribution in [2.24, 2.45) is 5.92 Å². The Kier molecular flexibility index (Phi) is 6.40. The lowest BCUT2D eigenvalue weighted by Crippen LogP contribution is -2.46. The number of rotatable bonds is 8. The Hall–Kier alpha value is -2.14. The van der Waals surface area contributed by atoms with Gasteiger partial charge in [-0.3, -0.25) is 9.80 Å². The fourth-order valence-electron chi connectivity index (χ4n) is 5.65. The van der Waals surface area contributed by atoms with Crippen LogP contribution in [-0.2, 0) is 24.1 Å². The maximum Gasteiger partial charge on any atom is 0.0589 e. The van der Waals surface area contributed by atoms with E-state index in [0.717, 1.165) is 32.2 Å². The van der Waals surface area contributed by atoms with Crippen molar-refractivity contribution in [1.82, 2.24) is 14.8 Å². The van der Waals surface area contributed by atoms with Gasteiger partial charge in [-0.15, -0.1) is 0 Å². The van der Waals surface area contributed by atoms with Crippen molar-refractivity contribution < 1.29 is 4.74 Å². The average Bonchev–Trinajstić information content (AvgIpc) is 3.41. The molecule has 3 aromatic rings. The number of fused-ring (bicyclic) bond motifs is 2. The summed E-state index contributed by atoms with van der Waals surface area (Å²) in [6, 6.07) is 20.6. The molecule has 0 unspecified atom stereocenters. The summed E-state index contributed by atoms with van der Waals surface area (Å²) in [6.07, 6.45) is 5.12. The first kappa shape index (κ1) is 20.7. The molecule has 4 heteroatoms. The van der Waals surface area contributed by atoms with E-state index in [9.17, 15) is 0 Å². The third kappa shape index (κ3) is 4.87. The Morgan fingerprint density at radius 3 is 2.61 bits per heavy atom. The van der Waals surface area contributed by atoms with Gasteiger partial charge in [-0.1, -0.05) is 42.5 Å². The number of benzene rings is 2. The predicted octanol–water partition coefficient (Wildman–Crippen LogP) is 4.50. The molecule has 0 spiro atoms. The topological polar surface area (TPSA) is 31.5 Å². The van der Waals surface area contributed by atoms with Crippen molar-refractivity contribution in [3.63, 3.8) is 0 Å². The standard InChI is InChI=1S/C27H35N3O/c1-31-14-13-29(20-25-15-24-10-4-5-11-27(24)28-25)18-21-7-6-12-30(19-21)26-16-22-8-2-3-9-23(22)17-26/h2-5,8-11,15,21,26,28H,6-7,12-14,16-20H2,1H3/t21-/m1/s1. The van der Waals surface area contributed by atoms with Crippen molar-refractivity contribution in [2.45, 2.75) is 38.3 Å². The highest BCUT2D eigenvalue weighted by Gasteiger charge is 2.31. The van der Waals surface area contributed by atoms with Crippen molar-refractivity contribution in [1.29, 1.82) is 0 Å². The molecular formula is C27H35N3O. The maximum atomic E-state index is 5.43. The summed E-state index contributed by atoms with van der Waals surface area (Å²) in [5, 5.41) is 1.30. The van der Waals surface area contributed by atoms with Crippen LogP contribution in [0.1, 0.15) is 29.7 Å². The van der Waals surface area contributed by atoms with Crippen LogP contribution < -0.4 is 0 Å². The Balaban J connectivity index is 1.22. The second-order valence-corrected chi connectivity index (χ2v) is 9.44. The Morgan fingerprint density at radius 1 is 1.06 bits per heavy atom. The van der Waals surface area contributed by atoms with Gasteiger partial charge in [-0.2, -0.15) is 0 Å². The summed E-state index contributed by atoms with van der Waals surface area (Å²) < 4.78 is 5.43. The molecule has 0 bridgehead atoms. The normalized spacial score (nSPS) is 20.0. The first-order chi connectivity index (χ1) is 15.3. The molecule has 2 aromatic carbocycles. The van der Waals surface area contributed by atoms with Crippen LogP contribution in [-0.4, -0.2) is 60.7 Å². The van der Waals surface area contributed by atoms with E-state index in [1.165, 1.54) is 55.4 Å². The minimum Gasteiger partial charge on any atom is -0.383 e. The minimum absolute atomic E-state index is 0.696. The highest BCUT2D eigenvalue weighted by molar-refractivity contribution is 5.80. The van der Waals surface area contributed by atoms with Gasteiger partial charge in [-0.25, -0.2) is 0 Å². The zero-order valence-corrected chi connectivity index (χ0v) is 18.7. The lowest BCUT2D eigenvalue weighted by Gasteiger charge is -2.38. The molecule has 2 heterocycles. The van der Waals surface area contributed by atoms with Crippen LogP contribution in [0.5, 0.6) is 0 Å². The van der Waals surface area contributed by atoms with Crippen molar-refractivity contribution in [3.05, 3.63) is 71.4 Å². The molecule has 1 N–H and O–H groups in total. The van der Waals surface area contributed by atoms with Crippen LogP contribution in [0.3, 0.4) is 0 Å². The number of H-pyrrole nitrogens is 1. The number of aromatic nitrogens is 1. The fraction of sp³-hybridized carbons (Fsp3) is 0.481. The predicted molar refractivity (Wildman–Crippen MR) is 127 cm³/mol. The molecule has 1 saturated heterocycles. The SMILES string of the molecule is COCCN(Cc1cc2ccccc2[nH]1)C[C@H]1CCCN(C2Cc3ccccc3C2)C1. The number of nitrogens with one attached hydrogen (secondary N) is 1. The van der Waals surface area contributed by atoms with E-state index in [1.807, 2.05) is 0 Å². The largest absolute Gasteiger partial charge is 0.383 e. The van der Waals surface area contributed by atoms with Gasteiger partial charge < -0.3 is 9.72 Å². The third-order valence-electron chi connectivity index (χ3n) is 7.20. The van der Waals surface area contributed by atoms with E-state index < -0.39 is 0 Å². The summed E-state index contributed by atoms with van der Waals surface area (Å²) in [4.78, 5) is 8.98. The van der Waals surface area contributed by atoms with Gasteiger partial charge in [-0.05, 0) is 66.8 Å². The van der Waals surface area contributed by atoms with Crippen molar-refractivity contribution in [2.75, 3.05) is 39.9 Å². The van der Waals surface area contributed by atoms with E-state index in [-0.39, 0.29) is 0 Å². The summed E-state index contributed by atoms with van der Waals surface area (Å²) in [5.74, 6) is 0.735. The molecule has 5 rings (SSSR count). The molecule has 2 aliphatic rings. The molecule has 1 aliphatic heterocycles. The molecule has 1 fully saturated rings. The summed E-state index contributed by atoms with van der Waals surface area (Å²) >= 11 is 0. The number of para-hydroxylation sites is 1. The summed E-state index contributed by atoms with van der Waals surface area (Å²) in [7, 11) is 1.81. The molecule has 4 nitrogen and oxygen atoms in total. The van der Waals surface area contributed by atoms with Gasteiger partial charge in [0.25, 0.3) is 0 Å². The van der Waals surface area contributed by atoms with Gasteiger partial charge in [0, 0.05) is 50.5 Å². The van der Waals surface area contributed by atoms with Crippen LogP contribution in [0.15, 0.2) is 54.6 Å². The second kappa shape index (κ2) is 9.56. The maximum absolute atomic E-state index is 5.43. The Morgan fingerprint density at radius 2 is 1.84 bits per heavy atom. The molecule has 31 heavy (non-hydrogen) atoms. The highest BCUT2D eigenvalue weighted by atomic mass is 16.5. The molecule has 1 aliphatic carbocycles. The van der Waals surface area contributed by atoms with Gasteiger partial charge in [0.15, 0.2) is 0 Å². The van der Waals surface area contributed by atoms with Gasteiger partial charge in [0.1, 0.15) is 0 Å². The zero-order valence-electron chi connectivity index (χ0n) is 18.7. The molecule has 0 saturated carbocycles. The molecule has 1 atom stereocenters. The highest BCUT2D eigenvalue weighted by Crippen LogP contribution is 2.29. The average molecular weight is 418 g/mol. The number of likely N-dealkylation sites (tertiary alicyclic amines) is 1. The quantitative estimate of drug-likeness (QED) is 0.586. The molecular weight excluding hydrogens is 382 g/mol. The third-order valence-corrected chi connectivity index (χ3v) is 7.20. The molecule has 0 amide bonds. The number of hydrogen-bond donors (Lipinski definition) is 1. The van der Waals surface area contributed by atoms with Crippen LogP contribution in [0, 0.1) is 5.92 Å². The number of nitrogens with zero attached hydrogens (tertiary/aromatic N) is 2. The van der Waals surface area contributed by atoms with Crippen molar-refractivity contribution in [3.8, 4) is 0 Å². The number of ether oxygens (including phenoxy) is 1. The van der Waals surface area contributed by atoms with Crippen LogP contribution >= 0.6 is 0 Å². The van der Waals surface area contributed by atoms with Gasteiger partial charge in [0.05, 0.1) is 6.61 Å². The molecule has 0 radical (unpaired) electrons. The van der Waals surface area contributed by atoms with Crippen LogP contribution in [0.4, 0.5) is 0 Å². The van der Waals surface area contributed by atoms with E-state index in [4.69, 9.17) is 4.74 Å². The number of aromatic amines is 1. The van der Waals surface area contributed by atoms with E-state index in [0.29, 0.717) is 6.04 Å². The Bertz CT molecular complexity index is 939. The number of methoxy groups -OCH3 is 1. The van der Waals surface area contributed by atoms with Crippen LogP contribution in [0.2, 0.25) is 0 Å². The lowest BCUT2D eigenvalue weighted by atomic mass is 9.95. The minimum atomic E-state index is 0.696.